The van der Waals surface area contributed by atoms with Crippen molar-refractivity contribution < 1.29 is 47.1 Å². The fraction of sp³-hybridized carbons (Fsp3) is 0.200. The largest absolute Gasteiger partial charge is 0.467 e. The van der Waals surface area contributed by atoms with E-state index in [9.17, 15) is 28.8 Å². The van der Waals surface area contributed by atoms with Gasteiger partial charge in [0.05, 0.1) is 25.6 Å². The molecule has 2 heterocycles. The van der Waals surface area contributed by atoms with Crippen molar-refractivity contribution in [3.05, 3.63) is 60.5 Å². The minimum atomic E-state index is -1.08. The lowest BCUT2D eigenvalue weighted by molar-refractivity contribution is -0.145. The van der Waals surface area contributed by atoms with Gasteiger partial charge < -0.3 is 28.9 Å². The Balaban J connectivity index is 1.56. The van der Waals surface area contributed by atoms with Crippen molar-refractivity contribution >= 4 is 35.8 Å². The molecular formula is C20H20N4O10. The third-order valence-electron chi connectivity index (χ3n) is 3.56. The number of carbonyl (C=O) groups excluding carboxylic acids is 6. The summed E-state index contributed by atoms with van der Waals surface area (Å²) in [5.74, 6) is -3.05. The van der Waals surface area contributed by atoms with Gasteiger partial charge in [0.25, 0.3) is 11.8 Å². The molecular weight excluding hydrogens is 456 g/mol. The van der Waals surface area contributed by atoms with Crippen molar-refractivity contribution in [2.24, 2.45) is 0 Å². The summed E-state index contributed by atoms with van der Waals surface area (Å²) in [6.07, 6.45) is 4.14. The van der Waals surface area contributed by atoms with E-state index in [1.54, 1.807) is 24.3 Å². The summed E-state index contributed by atoms with van der Waals surface area (Å²) in [5, 5.41) is 8.54. The third-order valence-corrected chi connectivity index (χ3v) is 3.56. The summed E-state index contributed by atoms with van der Waals surface area (Å²) in [7, 11) is 0. The first-order chi connectivity index (χ1) is 16.3. The first-order valence-electron chi connectivity index (χ1n) is 9.53. The van der Waals surface area contributed by atoms with Crippen LogP contribution in [0.2, 0.25) is 0 Å². The van der Waals surface area contributed by atoms with E-state index in [0.29, 0.717) is 23.7 Å². The molecule has 2 aromatic heterocycles. The van der Waals surface area contributed by atoms with Gasteiger partial charge in [0.1, 0.15) is 11.5 Å². The number of rotatable bonds is 10. The highest BCUT2D eigenvalue weighted by molar-refractivity contribution is 5.98. The number of carbonyl (C=O) groups is 6. The molecule has 0 fully saturated rings. The predicted octanol–water partition coefficient (Wildman–Crippen LogP) is -0.133. The maximum Gasteiger partial charge on any atom is 0.331 e. The molecule has 4 N–H and O–H groups in total. The Labute approximate surface area is 191 Å². The highest BCUT2D eigenvalue weighted by atomic mass is 16.5. The lowest BCUT2D eigenvalue weighted by Gasteiger charge is -2.06. The number of hydrogen-bond acceptors (Lipinski definition) is 10. The standard InChI is InChI=1S/C20H20N4O10/c25-15(23-19(29)21-9-13-3-1-7-31-13)11-33-17(27)5-6-18(28)34-12-16(26)24-20(30)22-10-14-4-2-8-32-14/h1-8H,9-12H2,(H2,21,23,25,29)(H2,22,24,26,30)/b6-5+. The number of nitrogens with one attached hydrogen (secondary N) is 4. The number of ether oxygens (including phenoxy) is 2. The van der Waals surface area contributed by atoms with Crippen LogP contribution < -0.4 is 21.3 Å². The molecule has 0 aliphatic rings. The third kappa shape index (κ3) is 10.4. The van der Waals surface area contributed by atoms with Crippen LogP contribution in [0.1, 0.15) is 11.5 Å². The summed E-state index contributed by atoms with van der Waals surface area (Å²) < 4.78 is 19.1. The van der Waals surface area contributed by atoms with Gasteiger partial charge in [-0.1, -0.05) is 0 Å². The average Bonchev–Trinajstić information content (AvgIpc) is 3.51. The minimum absolute atomic E-state index is 0.0460. The first kappa shape index (κ1) is 25.4. The van der Waals surface area contributed by atoms with E-state index in [4.69, 9.17) is 8.83 Å². The molecule has 6 amide bonds. The number of esters is 2. The topological polar surface area (TPSA) is 195 Å². The van der Waals surface area contributed by atoms with Crippen molar-refractivity contribution in [3.8, 4) is 0 Å². The van der Waals surface area contributed by atoms with Crippen molar-refractivity contribution in [1.29, 1.82) is 0 Å². The maximum absolute atomic E-state index is 11.6. The summed E-state index contributed by atoms with van der Waals surface area (Å²) >= 11 is 0. The van der Waals surface area contributed by atoms with Crippen molar-refractivity contribution in [1.82, 2.24) is 21.3 Å². The van der Waals surface area contributed by atoms with E-state index in [-0.39, 0.29) is 13.1 Å². The van der Waals surface area contributed by atoms with Crippen LogP contribution in [0.5, 0.6) is 0 Å². The Kier molecular flexibility index (Phi) is 10.1. The van der Waals surface area contributed by atoms with Crippen molar-refractivity contribution in [2.75, 3.05) is 13.2 Å². The van der Waals surface area contributed by atoms with Gasteiger partial charge in [-0.3, -0.25) is 20.2 Å². The molecule has 0 aromatic carbocycles. The quantitative estimate of drug-likeness (QED) is 0.265. The highest BCUT2D eigenvalue weighted by Crippen LogP contribution is 1.99. The molecule has 2 rings (SSSR count). The molecule has 0 bridgehead atoms. The monoisotopic (exact) mass is 476 g/mol. The zero-order valence-electron chi connectivity index (χ0n) is 17.5. The predicted molar refractivity (Wildman–Crippen MR) is 109 cm³/mol. The molecule has 34 heavy (non-hydrogen) atoms. The highest BCUT2D eigenvalue weighted by Gasteiger charge is 2.12. The van der Waals surface area contributed by atoms with E-state index < -0.39 is 49.0 Å². The van der Waals surface area contributed by atoms with Crippen LogP contribution in [0, 0.1) is 0 Å². The molecule has 0 atom stereocenters. The van der Waals surface area contributed by atoms with Gasteiger partial charge in [0.2, 0.25) is 0 Å². The van der Waals surface area contributed by atoms with E-state index >= 15 is 0 Å². The molecule has 0 saturated heterocycles. The van der Waals surface area contributed by atoms with Crippen LogP contribution >= 0.6 is 0 Å². The Morgan fingerprint density at radius 2 is 1.12 bits per heavy atom. The van der Waals surface area contributed by atoms with Crippen LogP contribution in [-0.4, -0.2) is 49.0 Å². The fourth-order valence-corrected chi connectivity index (χ4v) is 2.08. The zero-order chi connectivity index (χ0) is 24.8. The maximum atomic E-state index is 11.6. The lowest BCUT2D eigenvalue weighted by Crippen LogP contribution is -2.41. The molecule has 180 valence electrons. The molecule has 0 radical (unpaired) electrons. The molecule has 0 unspecified atom stereocenters. The first-order valence-corrected chi connectivity index (χ1v) is 9.53. The Morgan fingerprint density at radius 1 is 0.706 bits per heavy atom. The van der Waals surface area contributed by atoms with E-state index in [2.05, 4.69) is 20.1 Å². The molecule has 14 heteroatoms. The summed E-state index contributed by atoms with van der Waals surface area (Å²) in [5.41, 5.74) is 0. The van der Waals surface area contributed by atoms with Gasteiger partial charge in [-0.15, -0.1) is 0 Å². The minimum Gasteiger partial charge on any atom is -0.467 e. The van der Waals surface area contributed by atoms with Crippen molar-refractivity contribution in [2.45, 2.75) is 13.1 Å². The average molecular weight is 476 g/mol. The normalized spacial score (nSPS) is 10.2. The van der Waals surface area contributed by atoms with Crippen LogP contribution in [0.25, 0.3) is 0 Å². The molecule has 0 spiro atoms. The van der Waals surface area contributed by atoms with Gasteiger partial charge in [-0.25, -0.2) is 19.2 Å². The smallest absolute Gasteiger partial charge is 0.331 e. The molecule has 0 aliphatic carbocycles. The second-order valence-corrected chi connectivity index (χ2v) is 6.17. The van der Waals surface area contributed by atoms with Crippen LogP contribution in [-0.2, 0) is 41.7 Å². The second kappa shape index (κ2) is 13.5. The molecule has 0 aliphatic heterocycles. The Bertz CT molecular complexity index is 946. The summed E-state index contributed by atoms with van der Waals surface area (Å²) in [6.45, 7) is -1.49. The van der Waals surface area contributed by atoms with E-state index in [1.165, 1.54) is 12.5 Å². The second-order valence-electron chi connectivity index (χ2n) is 6.17. The molecule has 2 aromatic rings. The van der Waals surface area contributed by atoms with Crippen LogP contribution in [0.15, 0.2) is 57.8 Å². The van der Waals surface area contributed by atoms with E-state index in [0.717, 1.165) is 0 Å². The van der Waals surface area contributed by atoms with Gasteiger partial charge in [-0.2, -0.15) is 0 Å². The van der Waals surface area contributed by atoms with Gasteiger partial charge in [-0.05, 0) is 24.3 Å². The van der Waals surface area contributed by atoms with Gasteiger partial charge >= 0.3 is 24.0 Å². The van der Waals surface area contributed by atoms with Crippen molar-refractivity contribution in [3.63, 3.8) is 0 Å². The lowest BCUT2D eigenvalue weighted by atomic mass is 10.4. The van der Waals surface area contributed by atoms with Gasteiger partial charge in [0.15, 0.2) is 13.2 Å². The zero-order valence-corrected chi connectivity index (χ0v) is 17.5. The van der Waals surface area contributed by atoms with Crippen LogP contribution in [0.3, 0.4) is 0 Å². The molecule has 0 saturated carbocycles. The number of furan rings is 2. The number of imide groups is 2. The Hall–Kier alpha value is -4.88. The Morgan fingerprint density at radius 3 is 1.47 bits per heavy atom. The number of hydrogen-bond donors (Lipinski definition) is 4. The number of amides is 6. The van der Waals surface area contributed by atoms with Gasteiger partial charge in [0, 0.05) is 12.2 Å². The summed E-state index contributed by atoms with van der Waals surface area (Å²) in [4.78, 5) is 69.2. The van der Waals surface area contributed by atoms with E-state index in [1.807, 2.05) is 10.6 Å². The molecule has 14 nitrogen and oxygen atoms in total. The summed E-state index contributed by atoms with van der Waals surface area (Å²) in [6, 6.07) is 4.83. The van der Waals surface area contributed by atoms with Crippen LogP contribution in [0.4, 0.5) is 9.59 Å². The SMILES string of the molecule is O=C(COC(=O)/C=C/C(=O)OCC(=O)NC(=O)NCc1ccco1)NC(=O)NCc1ccco1. The number of urea groups is 2. The fourth-order valence-electron chi connectivity index (χ4n) is 2.08.